The van der Waals surface area contributed by atoms with Gasteiger partial charge in [-0.3, -0.25) is 9.69 Å². The highest BCUT2D eigenvalue weighted by molar-refractivity contribution is 6.30. The van der Waals surface area contributed by atoms with Gasteiger partial charge < -0.3 is 5.32 Å². The number of hydrogen-bond acceptors (Lipinski definition) is 3. The van der Waals surface area contributed by atoms with Crippen LogP contribution in [0.5, 0.6) is 0 Å². The molecule has 2 aromatic carbocycles. The van der Waals surface area contributed by atoms with Crippen LogP contribution in [0.25, 0.3) is 11.3 Å². The summed E-state index contributed by atoms with van der Waals surface area (Å²) >= 11 is 5.98. The van der Waals surface area contributed by atoms with E-state index in [1.54, 1.807) is 0 Å². The quantitative estimate of drug-likeness (QED) is 0.674. The Morgan fingerprint density at radius 1 is 1.14 bits per heavy atom. The average molecular weight is 407 g/mol. The van der Waals surface area contributed by atoms with Crippen molar-refractivity contribution in [3.8, 4) is 5.69 Å². The zero-order chi connectivity index (χ0) is 20.1. The van der Waals surface area contributed by atoms with Crippen LogP contribution in [0.15, 0.2) is 73.1 Å². The smallest absolute Gasteiger partial charge is 0.234 e. The minimum atomic E-state index is 0.0266. The Balaban J connectivity index is 1.29. The van der Waals surface area contributed by atoms with Gasteiger partial charge in [0.15, 0.2) is 0 Å². The number of carbonyl (C=O) groups excluding carboxylic acids is 1. The van der Waals surface area contributed by atoms with Crippen LogP contribution in [0.2, 0.25) is 5.02 Å². The van der Waals surface area contributed by atoms with Crippen LogP contribution < -0.4 is 5.32 Å². The molecule has 0 atom stereocenters. The Labute approximate surface area is 175 Å². The molecule has 0 unspecified atom stereocenters. The molecule has 5 nitrogen and oxygen atoms in total. The first kappa shape index (κ1) is 19.4. The van der Waals surface area contributed by atoms with E-state index in [-0.39, 0.29) is 5.91 Å². The first-order valence-corrected chi connectivity index (χ1v) is 10.1. The fourth-order valence-electron chi connectivity index (χ4n) is 3.43. The highest BCUT2D eigenvalue weighted by atomic mass is 35.5. The number of carbonyl (C=O) groups is 1. The molecule has 0 fully saturated rings. The molecule has 0 saturated heterocycles. The van der Waals surface area contributed by atoms with Gasteiger partial charge in [0, 0.05) is 36.4 Å². The van der Waals surface area contributed by atoms with Gasteiger partial charge in [0.25, 0.3) is 0 Å². The molecule has 0 saturated carbocycles. The minimum absolute atomic E-state index is 0.0266. The number of amides is 1. The normalized spacial score (nSPS) is 14.4. The lowest BCUT2D eigenvalue weighted by Crippen LogP contribution is -2.39. The van der Waals surface area contributed by atoms with Gasteiger partial charge in [0.2, 0.25) is 5.91 Å². The molecule has 0 spiro atoms. The summed E-state index contributed by atoms with van der Waals surface area (Å²) in [6.45, 7) is 2.50. The molecule has 0 radical (unpaired) electrons. The van der Waals surface area contributed by atoms with E-state index in [2.05, 4.69) is 27.6 Å². The average Bonchev–Trinajstić information content (AvgIpc) is 3.24. The van der Waals surface area contributed by atoms with E-state index in [4.69, 9.17) is 11.6 Å². The lowest BCUT2D eigenvalue weighted by Gasteiger charge is -2.25. The predicted octanol–water partition coefficient (Wildman–Crippen LogP) is 3.93. The fraction of sp³-hybridized carbons (Fsp3) is 0.217. The SMILES string of the molecule is O=C(CN1CC=C(c2cnn(-c3ccccc3)c2)CC1)NCc1cccc(Cl)c1. The minimum Gasteiger partial charge on any atom is -0.351 e. The van der Waals surface area contributed by atoms with Crippen LogP contribution in [0.1, 0.15) is 17.5 Å². The second-order valence-corrected chi connectivity index (χ2v) is 7.57. The number of aromatic nitrogens is 2. The Morgan fingerprint density at radius 3 is 2.76 bits per heavy atom. The number of para-hydroxylation sites is 1. The van der Waals surface area contributed by atoms with E-state index in [0.29, 0.717) is 18.1 Å². The van der Waals surface area contributed by atoms with Crippen LogP contribution in [0.4, 0.5) is 0 Å². The second kappa shape index (κ2) is 9.07. The van der Waals surface area contributed by atoms with Crippen molar-refractivity contribution in [1.29, 1.82) is 0 Å². The molecule has 0 bridgehead atoms. The number of nitrogens with zero attached hydrogens (tertiary/aromatic N) is 3. The van der Waals surface area contributed by atoms with E-state index in [9.17, 15) is 4.79 Å². The second-order valence-electron chi connectivity index (χ2n) is 7.13. The summed E-state index contributed by atoms with van der Waals surface area (Å²) in [4.78, 5) is 14.4. The standard InChI is InChI=1S/C23H23ClN4O/c24-21-6-4-5-18(13-21)14-25-23(29)17-27-11-9-19(10-12-27)20-15-26-28(16-20)22-7-2-1-3-8-22/h1-9,13,15-16H,10-12,14,17H2,(H,25,29). The molecule has 3 aromatic rings. The summed E-state index contributed by atoms with van der Waals surface area (Å²) in [6, 6.07) is 17.6. The fourth-order valence-corrected chi connectivity index (χ4v) is 3.65. The third-order valence-electron chi connectivity index (χ3n) is 5.01. The van der Waals surface area contributed by atoms with Gasteiger partial charge in [-0.1, -0.05) is 48.0 Å². The Morgan fingerprint density at radius 2 is 2.00 bits per heavy atom. The van der Waals surface area contributed by atoms with Gasteiger partial charge in [-0.05, 0) is 41.8 Å². The van der Waals surface area contributed by atoms with Crippen molar-refractivity contribution in [3.63, 3.8) is 0 Å². The van der Waals surface area contributed by atoms with E-state index in [1.165, 1.54) is 5.57 Å². The largest absolute Gasteiger partial charge is 0.351 e. The highest BCUT2D eigenvalue weighted by Crippen LogP contribution is 2.22. The van der Waals surface area contributed by atoms with E-state index in [0.717, 1.165) is 36.3 Å². The predicted molar refractivity (Wildman–Crippen MR) is 116 cm³/mol. The Bertz CT molecular complexity index is 1010. The molecule has 1 aliphatic heterocycles. The van der Waals surface area contributed by atoms with E-state index >= 15 is 0 Å². The summed E-state index contributed by atoms with van der Waals surface area (Å²) in [6.07, 6.45) is 7.07. The van der Waals surface area contributed by atoms with Crippen molar-refractivity contribution in [2.45, 2.75) is 13.0 Å². The highest BCUT2D eigenvalue weighted by Gasteiger charge is 2.16. The van der Waals surface area contributed by atoms with Crippen LogP contribution in [-0.2, 0) is 11.3 Å². The van der Waals surface area contributed by atoms with Crippen molar-refractivity contribution < 1.29 is 4.79 Å². The first-order chi connectivity index (χ1) is 14.2. The molecule has 1 amide bonds. The number of benzene rings is 2. The summed E-state index contributed by atoms with van der Waals surface area (Å²) in [5, 5.41) is 8.12. The molecule has 29 heavy (non-hydrogen) atoms. The van der Waals surface area contributed by atoms with E-state index in [1.807, 2.05) is 65.5 Å². The van der Waals surface area contributed by atoms with Crippen molar-refractivity contribution in [1.82, 2.24) is 20.0 Å². The Kier molecular flexibility index (Phi) is 6.08. The van der Waals surface area contributed by atoms with Gasteiger partial charge in [-0.2, -0.15) is 5.10 Å². The zero-order valence-electron chi connectivity index (χ0n) is 16.1. The van der Waals surface area contributed by atoms with Gasteiger partial charge in [-0.15, -0.1) is 0 Å². The third kappa shape index (κ3) is 5.13. The maximum Gasteiger partial charge on any atom is 0.234 e. The maximum atomic E-state index is 12.3. The first-order valence-electron chi connectivity index (χ1n) is 9.70. The lowest BCUT2D eigenvalue weighted by molar-refractivity contribution is -0.122. The van der Waals surface area contributed by atoms with Crippen molar-refractivity contribution >= 4 is 23.1 Å². The Hall–Kier alpha value is -2.89. The van der Waals surface area contributed by atoms with Crippen LogP contribution in [-0.4, -0.2) is 40.2 Å². The molecule has 1 N–H and O–H groups in total. The summed E-state index contributed by atoms with van der Waals surface area (Å²) in [7, 11) is 0. The molecule has 0 aliphatic carbocycles. The molecular formula is C23H23ClN4O. The molecule has 1 aromatic heterocycles. The monoisotopic (exact) mass is 406 g/mol. The lowest BCUT2D eigenvalue weighted by atomic mass is 10.0. The number of nitrogens with one attached hydrogen (secondary N) is 1. The van der Waals surface area contributed by atoms with Crippen LogP contribution in [0.3, 0.4) is 0 Å². The van der Waals surface area contributed by atoms with E-state index < -0.39 is 0 Å². The number of hydrogen-bond donors (Lipinski definition) is 1. The van der Waals surface area contributed by atoms with Crippen molar-refractivity contribution in [2.75, 3.05) is 19.6 Å². The van der Waals surface area contributed by atoms with Gasteiger partial charge in [0.1, 0.15) is 0 Å². The van der Waals surface area contributed by atoms with Gasteiger partial charge in [0.05, 0.1) is 18.4 Å². The molecule has 148 valence electrons. The molecule has 6 heteroatoms. The maximum absolute atomic E-state index is 12.3. The van der Waals surface area contributed by atoms with Gasteiger partial charge in [-0.25, -0.2) is 4.68 Å². The van der Waals surface area contributed by atoms with Crippen LogP contribution >= 0.6 is 11.6 Å². The third-order valence-corrected chi connectivity index (χ3v) is 5.25. The van der Waals surface area contributed by atoms with Crippen molar-refractivity contribution in [2.24, 2.45) is 0 Å². The molecular weight excluding hydrogens is 384 g/mol. The number of rotatable bonds is 6. The van der Waals surface area contributed by atoms with Crippen molar-refractivity contribution in [3.05, 3.63) is 89.2 Å². The number of halogens is 1. The summed E-state index contributed by atoms with van der Waals surface area (Å²) in [5.74, 6) is 0.0266. The molecule has 4 rings (SSSR count). The molecule has 2 heterocycles. The van der Waals surface area contributed by atoms with Crippen LogP contribution in [0, 0.1) is 0 Å². The topological polar surface area (TPSA) is 50.2 Å². The zero-order valence-corrected chi connectivity index (χ0v) is 16.8. The summed E-state index contributed by atoms with van der Waals surface area (Å²) in [5.41, 5.74) is 4.47. The summed E-state index contributed by atoms with van der Waals surface area (Å²) < 4.78 is 1.89. The molecule has 1 aliphatic rings. The van der Waals surface area contributed by atoms with Gasteiger partial charge >= 0.3 is 0 Å².